The maximum absolute atomic E-state index is 12.6. The van der Waals surface area contributed by atoms with Crippen LogP contribution in [-0.4, -0.2) is 24.7 Å². The first-order chi connectivity index (χ1) is 13.4. The Kier molecular flexibility index (Phi) is 4.88. The Hall–Kier alpha value is -2.39. The zero-order valence-electron chi connectivity index (χ0n) is 16.4. The van der Waals surface area contributed by atoms with Crippen molar-refractivity contribution in [2.24, 2.45) is 0 Å². The molecule has 4 aromatic heterocycles. The van der Waals surface area contributed by atoms with E-state index in [9.17, 15) is 4.79 Å². The zero-order valence-corrected chi connectivity index (χ0v) is 18.0. The molecule has 0 saturated heterocycles. The van der Waals surface area contributed by atoms with Gasteiger partial charge in [-0.1, -0.05) is 11.8 Å². The Labute approximate surface area is 170 Å². The molecule has 4 heterocycles. The second kappa shape index (κ2) is 7.21. The fourth-order valence-electron chi connectivity index (χ4n) is 3.15. The average molecular weight is 416 g/mol. The quantitative estimate of drug-likeness (QED) is 0.478. The van der Waals surface area contributed by atoms with E-state index >= 15 is 0 Å². The highest BCUT2D eigenvalue weighted by Gasteiger charge is 2.21. The Morgan fingerprint density at radius 3 is 2.79 bits per heavy atom. The monoisotopic (exact) mass is 415 g/mol. The second-order valence-corrected chi connectivity index (χ2v) is 9.13. The van der Waals surface area contributed by atoms with Gasteiger partial charge in [-0.3, -0.25) is 4.79 Å². The summed E-state index contributed by atoms with van der Waals surface area (Å²) in [5.41, 5.74) is 1.86. The molecular formula is C19H21N5O2S2. The number of hydrogen-bond acceptors (Lipinski definition) is 7. The summed E-state index contributed by atoms with van der Waals surface area (Å²) < 4.78 is 7.46. The molecule has 0 spiro atoms. The molecule has 0 fully saturated rings. The van der Waals surface area contributed by atoms with Gasteiger partial charge in [0.15, 0.2) is 11.0 Å². The summed E-state index contributed by atoms with van der Waals surface area (Å²) in [5, 5.41) is 10.1. The highest BCUT2D eigenvalue weighted by molar-refractivity contribution is 7.99. The van der Waals surface area contributed by atoms with E-state index in [1.165, 1.54) is 11.8 Å². The molecule has 146 valence electrons. The number of aryl methyl sites for hydroxylation is 3. The van der Waals surface area contributed by atoms with Crippen molar-refractivity contribution in [3.63, 3.8) is 0 Å². The largest absolute Gasteiger partial charge is 0.469 e. The SMILES string of the molecule is CCn1c(S[C@@H](C)c2nc3sc(C)c(C)c3c(=O)[nH]2)nnc1-c1ccoc1C. The van der Waals surface area contributed by atoms with Crippen molar-refractivity contribution in [1.82, 2.24) is 24.7 Å². The molecular weight excluding hydrogens is 394 g/mol. The minimum Gasteiger partial charge on any atom is -0.469 e. The number of nitrogens with one attached hydrogen (secondary N) is 1. The van der Waals surface area contributed by atoms with E-state index < -0.39 is 0 Å². The molecule has 0 amide bonds. The molecule has 0 unspecified atom stereocenters. The summed E-state index contributed by atoms with van der Waals surface area (Å²) in [6.07, 6.45) is 1.66. The fraction of sp³-hybridized carbons (Fsp3) is 0.368. The Morgan fingerprint density at radius 2 is 2.11 bits per heavy atom. The van der Waals surface area contributed by atoms with E-state index in [4.69, 9.17) is 9.40 Å². The van der Waals surface area contributed by atoms with Gasteiger partial charge in [0, 0.05) is 11.4 Å². The highest BCUT2D eigenvalue weighted by Crippen LogP contribution is 2.35. The molecule has 4 aromatic rings. The molecule has 7 nitrogen and oxygen atoms in total. The lowest BCUT2D eigenvalue weighted by atomic mass is 10.2. The Bertz CT molecular complexity index is 1220. The first-order valence-corrected chi connectivity index (χ1v) is 10.7. The molecule has 0 bridgehead atoms. The van der Waals surface area contributed by atoms with Crippen molar-refractivity contribution < 1.29 is 4.42 Å². The second-order valence-electron chi connectivity index (χ2n) is 6.62. The van der Waals surface area contributed by atoms with Gasteiger partial charge in [-0.15, -0.1) is 21.5 Å². The number of fused-ring (bicyclic) bond motifs is 1. The molecule has 0 aliphatic carbocycles. The van der Waals surface area contributed by atoms with Crippen LogP contribution in [0.4, 0.5) is 0 Å². The van der Waals surface area contributed by atoms with Crippen LogP contribution in [0.15, 0.2) is 26.7 Å². The van der Waals surface area contributed by atoms with Crippen LogP contribution in [-0.2, 0) is 6.54 Å². The summed E-state index contributed by atoms with van der Waals surface area (Å²) >= 11 is 3.09. The Balaban J connectivity index is 1.68. The predicted octanol–water partition coefficient (Wildman–Crippen LogP) is 4.63. The summed E-state index contributed by atoms with van der Waals surface area (Å²) in [6.45, 7) is 10.7. The molecule has 0 saturated carbocycles. The predicted molar refractivity (Wildman–Crippen MR) is 112 cm³/mol. The van der Waals surface area contributed by atoms with Crippen LogP contribution in [0.1, 0.15) is 41.1 Å². The third-order valence-corrected chi connectivity index (χ3v) is 7.05. The number of furan rings is 1. The highest BCUT2D eigenvalue weighted by atomic mass is 32.2. The van der Waals surface area contributed by atoms with Crippen LogP contribution in [0.25, 0.3) is 21.6 Å². The van der Waals surface area contributed by atoms with Crippen molar-refractivity contribution in [2.75, 3.05) is 0 Å². The van der Waals surface area contributed by atoms with E-state index in [0.717, 1.165) is 44.1 Å². The standard InChI is InChI=1S/C19H21N5O2S2/c1-6-24-16(13-7-8-26-10(13)3)22-23-19(24)28-12(5)15-20-17(25)14-9(2)11(4)27-18(14)21-15/h7-8,12H,6H2,1-5H3,(H,20,21,25)/t12-/m0/s1. The van der Waals surface area contributed by atoms with Crippen LogP contribution in [0.5, 0.6) is 0 Å². The van der Waals surface area contributed by atoms with Crippen molar-refractivity contribution in [3.8, 4) is 11.4 Å². The number of H-pyrrole nitrogens is 1. The number of hydrogen-bond donors (Lipinski definition) is 1. The maximum atomic E-state index is 12.6. The van der Waals surface area contributed by atoms with Crippen LogP contribution >= 0.6 is 23.1 Å². The summed E-state index contributed by atoms with van der Waals surface area (Å²) in [7, 11) is 0. The normalized spacial score (nSPS) is 12.8. The van der Waals surface area contributed by atoms with Crippen LogP contribution in [0.3, 0.4) is 0 Å². The molecule has 1 atom stereocenters. The topological polar surface area (TPSA) is 89.6 Å². The minimum absolute atomic E-state index is 0.0763. The minimum atomic E-state index is -0.0824. The van der Waals surface area contributed by atoms with Crippen molar-refractivity contribution in [2.45, 2.75) is 51.6 Å². The number of aromatic amines is 1. The smallest absolute Gasteiger partial charge is 0.259 e. The molecule has 1 N–H and O–H groups in total. The lowest BCUT2D eigenvalue weighted by Crippen LogP contribution is -2.12. The molecule has 0 aromatic carbocycles. The fourth-order valence-corrected chi connectivity index (χ4v) is 5.16. The number of aromatic nitrogens is 5. The average Bonchev–Trinajstić information content (AvgIpc) is 3.33. The lowest BCUT2D eigenvalue weighted by Gasteiger charge is -2.11. The summed E-state index contributed by atoms with van der Waals surface area (Å²) in [4.78, 5) is 22.1. The maximum Gasteiger partial charge on any atom is 0.259 e. The molecule has 0 radical (unpaired) electrons. The lowest BCUT2D eigenvalue weighted by molar-refractivity contribution is 0.534. The van der Waals surface area contributed by atoms with Gasteiger partial charge in [0.05, 0.1) is 22.5 Å². The van der Waals surface area contributed by atoms with Crippen molar-refractivity contribution >= 4 is 33.3 Å². The van der Waals surface area contributed by atoms with E-state index in [2.05, 4.69) is 26.7 Å². The van der Waals surface area contributed by atoms with E-state index in [1.54, 1.807) is 17.6 Å². The first kappa shape index (κ1) is 18.9. The van der Waals surface area contributed by atoms with Gasteiger partial charge in [0.25, 0.3) is 5.56 Å². The number of rotatable bonds is 5. The van der Waals surface area contributed by atoms with E-state index in [-0.39, 0.29) is 10.8 Å². The van der Waals surface area contributed by atoms with Gasteiger partial charge in [0.1, 0.15) is 16.4 Å². The van der Waals surface area contributed by atoms with Crippen molar-refractivity contribution in [3.05, 3.63) is 44.7 Å². The number of nitrogens with zero attached hydrogens (tertiary/aromatic N) is 4. The molecule has 0 aliphatic heterocycles. The van der Waals surface area contributed by atoms with Crippen LogP contribution < -0.4 is 5.56 Å². The third-order valence-electron chi connectivity index (χ3n) is 4.86. The number of thiophene rings is 1. The number of thioether (sulfide) groups is 1. The van der Waals surface area contributed by atoms with Gasteiger partial charge in [-0.2, -0.15) is 0 Å². The van der Waals surface area contributed by atoms with Gasteiger partial charge in [-0.05, 0) is 46.2 Å². The van der Waals surface area contributed by atoms with E-state index in [0.29, 0.717) is 11.2 Å². The van der Waals surface area contributed by atoms with Gasteiger partial charge >= 0.3 is 0 Å². The Morgan fingerprint density at radius 1 is 1.32 bits per heavy atom. The molecule has 28 heavy (non-hydrogen) atoms. The summed E-state index contributed by atoms with van der Waals surface area (Å²) in [6, 6.07) is 1.90. The van der Waals surface area contributed by atoms with Crippen molar-refractivity contribution in [1.29, 1.82) is 0 Å². The van der Waals surface area contributed by atoms with Gasteiger partial charge < -0.3 is 14.0 Å². The molecule has 9 heteroatoms. The molecule has 0 aliphatic rings. The van der Waals surface area contributed by atoms with Gasteiger partial charge in [-0.25, -0.2) is 4.98 Å². The van der Waals surface area contributed by atoms with Crippen LogP contribution in [0.2, 0.25) is 0 Å². The van der Waals surface area contributed by atoms with E-state index in [1.807, 2.05) is 33.8 Å². The third kappa shape index (κ3) is 3.08. The molecule has 4 rings (SSSR count). The van der Waals surface area contributed by atoms with Crippen LogP contribution in [0, 0.1) is 20.8 Å². The summed E-state index contributed by atoms with van der Waals surface area (Å²) in [5.74, 6) is 2.24. The van der Waals surface area contributed by atoms with Gasteiger partial charge in [0.2, 0.25) is 0 Å². The first-order valence-electron chi connectivity index (χ1n) is 9.05. The zero-order chi connectivity index (χ0) is 20.0.